The molecule has 1 unspecified atom stereocenters. The first-order chi connectivity index (χ1) is 9.61. The molecular formula is C17H21NO2. The van der Waals surface area contributed by atoms with Crippen molar-refractivity contribution in [3.05, 3.63) is 48.0 Å². The highest BCUT2D eigenvalue weighted by atomic mass is 16.4. The fraction of sp³-hybridized carbons (Fsp3) is 0.353. The smallest absolute Gasteiger partial charge is 0.304 e. The number of aliphatic carboxylic acids is 1. The quantitative estimate of drug-likeness (QED) is 0.873. The maximum Gasteiger partial charge on any atom is 0.304 e. The predicted molar refractivity (Wildman–Crippen MR) is 81.7 cm³/mol. The highest BCUT2D eigenvalue weighted by Crippen LogP contribution is 2.21. The van der Waals surface area contributed by atoms with E-state index < -0.39 is 5.97 Å². The van der Waals surface area contributed by atoms with Crippen molar-refractivity contribution >= 4 is 16.7 Å². The summed E-state index contributed by atoms with van der Waals surface area (Å²) in [5.74, 6) is -0.742. The molecule has 0 aliphatic rings. The maximum absolute atomic E-state index is 10.9. The van der Waals surface area contributed by atoms with Crippen molar-refractivity contribution in [3.8, 4) is 0 Å². The van der Waals surface area contributed by atoms with Gasteiger partial charge in [0.05, 0.1) is 6.42 Å². The van der Waals surface area contributed by atoms with Gasteiger partial charge in [-0.15, -0.1) is 0 Å². The number of carbonyl (C=O) groups is 1. The average molecular weight is 271 g/mol. The van der Waals surface area contributed by atoms with Crippen LogP contribution in [0.3, 0.4) is 0 Å². The molecule has 2 rings (SSSR count). The monoisotopic (exact) mass is 271 g/mol. The van der Waals surface area contributed by atoms with Crippen LogP contribution in [0.1, 0.15) is 25.8 Å². The molecule has 0 aliphatic carbocycles. The first-order valence-electron chi connectivity index (χ1n) is 7.04. The first-order valence-corrected chi connectivity index (χ1v) is 7.04. The molecule has 0 aliphatic heterocycles. The Hall–Kier alpha value is -1.87. The average Bonchev–Trinajstić information content (AvgIpc) is 2.44. The number of carboxylic acid groups (broad SMARTS) is 1. The third-order valence-electron chi connectivity index (χ3n) is 3.75. The fourth-order valence-electron chi connectivity index (χ4n) is 2.61. The minimum atomic E-state index is -0.742. The lowest BCUT2D eigenvalue weighted by molar-refractivity contribution is -0.138. The molecule has 0 saturated heterocycles. The van der Waals surface area contributed by atoms with E-state index in [1.54, 1.807) is 0 Å². The minimum Gasteiger partial charge on any atom is -0.481 e. The van der Waals surface area contributed by atoms with Gasteiger partial charge in [-0.2, -0.15) is 0 Å². The lowest BCUT2D eigenvalue weighted by Crippen LogP contribution is -2.34. The molecule has 2 aromatic rings. The van der Waals surface area contributed by atoms with Crippen molar-refractivity contribution in [2.45, 2.75) is 32.9 Å². The Kier molecular flexibility index (Phi) is 4.74. The van der Waals surface area contributed by atoms with Gasteiger partial charge in [0.25, 0.3) is 0 Å². The molecule has 106 valence electrons. The Morgan fingerprint density at radius 3 is 2.60 bits per heavy atom. The van der Waals surface area contributed by atoms with Crippen LogP contribution in [0.15, 0.2) is 42.5 Å². The predicted octanol–water partition coefficient (Wildman–Crippen LogP) is 3.52. The molecule has 0 aromatic heterocycles. The number of fused-ring (bicyclic) bond motifs is 1. The van der Waals surface area contributed by atoms with E-state index in [0.717, 1.165) is 13.1 Å². The third-order valence-corrected chi connectivity index (χ3v) is 3.75. The van der Waals surface area contributed by atoms with Crippen LogP contribution in [0.5, 0.6) is 0 Å². The van der Waals surface area contributed by atoms with Crippen molar-refractivity contribution in [3.63, 3.8) is 0 Å². The van der Waals surface area contributed by atoms with Gasteiger partial charge >= 0.3 is 5.97 Å². The summed E-state index contributed by atoms with van der Waals surface area (Å²) in [4.78, 5) is 13.1. The van der Waals surface area contributed by atoms with Crippen LogP contribution >= 0.6 is 0 Å². The lowest BCUT2D eigenvalue weighted by atomic mass is 10.0. The van der Waals surface area contributed by atoms with Crippen molar-refractivity contribution in [1.29, 1.82) is 0 Å². The van der Waals surface area contributed by atoms with Crippen LogP contribution in [0.4, 0.5) is 0 Å². The topological polar surface area (TPSA) is 40.5 Å². The minimum absolute atomic E-state index is 0.0384. The molecule has 1 N–H and O–H groups in total. The molecule has 0 spiro atoms. The highest BCUT2D eigenvalue weighted by molar-refractivity contribution is 5.85. The zero-order valence-corrected chi connectivity index (χ0v) is 12.0. The normalized spacial score (nSPS) is 12.8. The molecule has 0 saturated carbocycles. The van der Waals surface area contributed by atoms with E-state index in [1.807, 2.05) is 19.1 Å². The van der Waals surface area contributed by atoms with Gasteiger partial charge in [-0.05, 0) is 29.8 Å². The first kappa shape index (κ1) is 14.5. The second-order valence-electron chi connectivity index (χ2n) is 5.15. The Morgan fingerprint density at radius 1 is 1.20 bits per heavy atom. The number of carboxylic acids is 1. The highest BCUT2D eigenvalue weighted by Gasteiger charge is 2.16. The molecule has 1 atom stereocenters. The van der Waals surface area contributed by atoms with Crippen molar-refractivity contribution in [1.82, 2.24) is 4.90 Å². The van der Waals surface area contributed by atoms with Crippen LogP contribution in [0, 0.1) is 0 Å². The fourth-order valence-corrected chi connectivity index (χ4v) is 2.61. The summed E-state index contributed by atoms with van der Waals surface area (Å²) in [5.41, 5.74) is 1.25. The van der Waals surface area contributed by atoms with E-state index >= 15 is 0 Å². The molecule has 20 heavy (non-hydrogen) atoms. The van der Waals surface area contributed by atoms with Crippen LogP contribution < -0.4 is 0 Å². The van der Waals surface area contributed by atoms with E-state index in [-0.39, 0.29) is 12.5 Å². The van der Waals surface area contributed by atoms with E-state index in [4.69, 9.17) is 5.11 Å². The zero-order valence-electron chi connectivity index (χ0n) is 12.0. The van der Waals surface area contributed by atoms with Gasteiger partial charge in [0.1, 0.15) is 0 Å². The Morgan fingerprint density at radius 2 is 1.90 bits per heavy atom. The number of nitrogens with zero attached hydrogens (tertiary/aromatic N) is 1. The summed E-state index contributed by atoms with van der Waals surface area (Å²) < 4.78 is 0. The van der Waals surface area contributed by atoms with Gasteiger partial charge < -0.3 is 5.11 Å². The Balaban J connectivity index is 2.23. The molecule has 2 aromatic carbocycles. The van der Waals surface area contributed by atoms with Crippen LogP contribution in [0.25, 0.3) is 10.8 Å². The van der Waals surface area contributed by atoms with Crippen LogP contribution in [0.2, 0.25) is 0 Å². The third kappa shape index (κ3) is 3.36. The Bertz CT molecular complexity index is 589. The summed E-state index contributed by atoms with van der Waals surface area (Å²) in [6, 6.07) is 14.6. The van der Waals surface area contributed by atoms with Crippen LogP contribution in [-0.2, 0) is 11.3 Å². The standard InChI is InChI=1S/C17H21NO2/c1-3-18(13(2)11-17(19)20)12-15-9-6-8-14-7-4-5-10-16(14)15/h4-10,13H,3,11-12H2,1-2H3,(H,19,20). The largest absolute Gasteiger partial charge is 0.481 e. The van der Waals surface area contributed by atoms with E-state index in [9.17, 15) is 4.79 Å². The molecule has 0 heterocycles. The summed E-state index contributed by atoms with van der Waals surface area (Å²) >= 11 is 0. The second-order valence-corrected chi connectivity index (χ2v) is 5.15. The van der Waals surface area contributed by atoms with Crippen molar-refractivity contribution in [2.24, 2.45) is 0 Å². The van der Waals surface area contributed by atoms with Crippen LogP contribution in [-0.4, -0.2) is 28.6 Å². The van der Waals surface area contributed by atoms with Gasteiger partial charge in [0.2, 0.25) is 0 Å². The SMILES string of the molecule is CCN(Cc1cccc2ccccc12)C(C)CC(=O)O. The molecular weight excluding hydrogens is 250 g/mol. The lowest BCUT2D eigenvalue weighted by Gasteiger charge is -2.27. The van der Waals surface area contributed by atoms with Crippen molar-refractivity contribution in [2.75, 3.05) is 6.54 Å². The maximum atomic E-state index is 10.9. The molecule has 0 radical (unpaired) electrons. The number of benzene rings is 2. The zero-order chi connectivity index (χ0) is 14.5. The molecule has 0 amide bonds. The summed E-state index contributed by atoms with van der Waals surface area (Å²) in [5, 5.41) is 11.4. The molecule has 3 nitrogen and oxygen atoms in total. The molecule has 3 heteroatoms. The van der Waals surface area contributed by atoms with Gasteiger partial charge in [-0.25, -0.2) is 0 Å². The number of rotatable bonds is 6. The summed E-state index contributed by atoms with van der Waals surface area (Å²) in [6.07, 6.45) is 0.179. The summed E-state index contributed by atoms with van der Waals surface area (Å²) in [6.45, 7) is 5.68. The molecule has 0 bridgehead atoms. The van der Waals surface area contributed by atoms with E-state index in [0.29, 0.717) is 0 Å². The van der Waals surface area contributed by atoms with Gasteiger partial charge in [0, 0.05) is 12.6 Å². The number of hydrogen-bond acceptors (Lipinski definition) is 2. The van der Waals surface area contributed by atoms with E-state index in [1.165, 1.54) is 16.3 Å². The second kappa shape index (κ2) is 6.53. The number of hydrogen-bond donors (Lipinski definition) is 1. The Labute approximate surface area is 119 Å². The molecule has 0 fully saturated rings. The van der Waals surface area contributed by atoms with E-state index in [2.05, 4.69) is 42.2 Å². The van der Waals surface area contributed by atoms with Gasteiger partial charge in [-0.3, -0.25) is 9.69 Å². The van der Waals surface area contributed by atoms with Gasteiger partial charge in [-0.1, -0.05) is 49.4 Å². The van der Waals surface area contributed by atoms with Crippen molar-refractivity contribution < 1.29 is 9.90 Å². The van der Waals surface area contributed by atoms with Gasteiger partial charge in [0.15, 0.2) is 0 Å². The summed E-state index contributed by atoms with van der Waals surface area (Å²) in [7, 11) is 0.